The Bertz CT molecular complexity index is 542. The highest BCUT2D eigenvalue weighted by Gasteiger charge is 2.19. The van der Waals surface area contributed by atoms with Crippen molar-refractivity contribution in [3.63, 3.8) is 0 Å². The van der Waals surface area contributed by atoms with Crippen LogP contribution in [0.3, 0.4) is 0 Å². The van der Waals surface area contributed by atoms with E-state index in [1.807, 2.05) is 13.0 Å². The van der Waals surface area contributed by atoms with Crippen LogP contribution in [0.25, 0.3) is 0 Å². The van der Waals surface area contributed by atoms with Crippen LogP contribution in [0.5, 0.6) is 5.88 Å². The van der Waals surface area contributed by atoms with Crippen LogP contribution in [0.2, 0.25) is 0 Å². The first-order valence-corrected chi connectivity index (χ1v) is 7.53. The van der Waals surface area contributed by atoms with Crippen molar-refractivity contribution in [2.75, 3.05) is 17.2 Å². The number of hydrogen-bond acceptors (Lipinski definition) is 6. The molecule has 0 aliphatic rings. The molecular formula is C14H20N4OS. The minimum absolute atomic E-state index is 0.281. The molecule has 0 amide bonds. The number of aromatic nitrogens is 2. The van der Waals surface area contributed by atoms with Gasteiger partial charge < -0.3 is 15.4 Å². The van der Waals surface area contributed by atoms with Gasteiger partial charge in [-0.15, -0.1) is 11.3 Å². The van der Waals surface area contributed by atoms with Crippen molar-refractivity contribution >= 4 is 22.8 Å². The molecule has 0 spiro atoms. The quantitative estimate of drug-likeness (QED) is 0.887. The van der Waals surface area contributed by atoms with E-state index in [0.29, 0.717) is 18.2 Å². The fourth-order valence-corrected chi connectivity index (χ4v) is 2.63. The Morgan fingerprint density at radius 2 is 2.20 bits per heavy atom. The van der Waals surface area contributed by atoms with Gasteiger partial charge >= 0.3 is 0 Å². The lowest BCUT2D eigenvalue weighted by Gasteiger charge is -2.28. The van der Waals surface area contributed by atoms with Gasteiger partial charge in [0.25, 0.3) is 0 Å². The average Bonchev–Trinajstić information content (AvgIpc) is 2.92. The van der Waals surface area contributed by atoms with Crippen LogP contribution in [-0.4, -0.2) is 22.6 Å². The van der Waals surface area contributed by atoms with Gasteiger partial charge in [-0.05, 0) is 32.2 Å². The molecule has 0 saturated heterocycles. The first kappa shape index (κ1) is 14.6. The van der Waals surface area contributed by atoms with Gasteiger partial charge in [-0.1, -0.05) is 6.07 Å². The third-order valence-corrected chi connectivity index (χ3v) is 3.77. The van der Waals surface area contributed by atoms with E-state index in [9.17, 15) is 0 Å². The first-order valence-electron chi connectivity index (χ1n) is 6.65. The van der Waals surface area contributed by atoms with Gasteiger partial charge in [0.05, 0.1) is 13.2 Å². The number of nitrogen functional groups attached to an aromatic ring is 1. The molecule has 0 aliphatic carbocycles. The Kier molecular flexibility index (Phi) is 4.79. The van der Waals surface area contributed by atoms with Crippen molar-refractivity contribution in [3.05, 3.63) is 28.7 Å². The lowest BCUT2D eigenvalue weighted by molar-refractivity contribution is 0.328. The molecule has 0 atom stereocenters. The molecule has 2 aromatic heterocycles. The number of anilines is 2. The van der Waals surface area contributed by atoms with Gasteiger partial charge in [0, 0.05) is 10.9 Å². The van der Waals surface area contributed by atoms with E-state index in [0.717, 1.165) is 12.4 Å². The zero-order valence-electron chi connectivity index (χ0n) is 12.0. The van der Waals surface area contributed by atoms with Gasteiger partial charge in [-0.25, -0.2) is 4.98 Å². The molecule has 6 heteroatoms. The lowest BCUT2D eigenvalue weighted by atomic mass is 10.2. The SMILES string of the molecule is CCOc1ncnc(N(Cc2cccs2)C(C)C)c1N. The van der Waals surface area contributed by atoms with Gasteiger partial charge in [0.15, 0.2) is 5.82 Å². The lowest BCUT2D eigenvalue weighted by Crippen LogP contribution is -2.31. The van der Waals surface area contributed by atoms with E-state index in [1.165, 1.54) is 11.2 Å². The molecule has 2 N–H and O–H groups in total. The minimum Gasteiger partial charge on any atom is -0.476 e. The van der Waals surface area contributed by atoms with Crippen molar-refractivity contribution in [3.8, 4) is 5.88 Å². The highest BCUT2D eigenvalue weighted by molar-refractivity contribution is 7.09. The molecule has 5 nitrogen and oxygen atoms in total. The van der Waals surface area contributed by atoms with Crippen LogP contribution in [-0.2, 0) is 6.54 Å². The molecule has 0 saturated carbocycles. The van der Waals surface area contributed by atoms with E-state index in [2.05, 4.69) is 40.2 Å². The number of hydrogen-bond donors (Lipinski definition) is 1. The molecule has 0 aliphatic heterocycles. The first-order chi connectivity index (χ1) is 9.63. The Labute approximate surface area is 123 Å². The van der Waals surface area contributed by atoms with Crippen LogP contribution >= 0.6 is 11.3 Å². The predicted octanol–water partition coefficient (Wildman–Crippen LogP) is 2.93. The summed E-state index contributed by atoms with van der Waals surface area (Å²) in [4.78, 5) is 11.9. The Hall–Kier alpha value is -1.82. The van der Waals surface area contributed by atoms with Gasteiger partial charge in [0.1, 0.15) is 12.0 Å². The number of nitrogens with zero attached hydrogens (tertiary/aromatic N) is 3. The summed E-state index contributed by atoms with van der Waals surface area (Å²) in [6, 6.07) is 4.44. The van der Waals surface area contributed by atoms with Crippen molar-refractivity contribution in [1.29, 1.82) is 0 Å². The fourth-order valence-electron chi connectivity index (χ4n) is 1.92. The molecule has 0 bridgehead atoms. The molecule has 20 heavy (non-hydrogen) atoms. The van der Waals surface area contributed by atoms with Crippen LogP contribution in [0.15, 0.2) is 23.8 Å². The number of nitrogens with two attached hydrogens (primary N) is 1. The summed E-state index contributed by atoms with van der Waals surface area (Å²) in [5.74, 6) is 1.18. The summed E-state index contributed by atoms with van der Waals surface area (Å²) in [6.07, 6.45) is 1.50. The minimum atomic E-state index is 0.281. The van der Waals surface area contributed by atoms with Crippen LogP contribution in [0.1, 0.15) is 25.6 Å². The van der Waals surface area contributed by atoms with Crippen molar-refractivity contribution < 1.29 is 4.74 Å². The topological polar surface area (TPSA) is 64.3 Å². The zero-order valence-corrected chi connectivity index (χ0v) is 12.9. The fraction of sp³-hybridized carbons (Fsp3) is 0.429. The second kappa shape index (κ2) is 6.56. The van der Waals surface area contributed by atoms with Gasteiger partial charge in [0.2, 0.25) is 5.88 Å². The van der Waals surface area contributed by atoms with Gasteiger partial charge in [-0.3, -0.25) is 0 Å². The van der Waals surface area contributed by atoms with Crippen LogP contribution < -0.4 is 15.4 Å². The van der Waals surface area contributed by atoms with Crippen molar-refractivity contribution in [2.45, 2.75) is 33.4 Å². The molecule has 0 unspecified atom stereocenters. The third kappa shape index (κ3) is 3.19. The van der Waals surface area contributed by atoms with E-state index in [4.69, 9.17) is 10.5 Å². The van der Waals surface area contributed by atoms with E-state index in [-0.39, 0.29) is 6.04 Å². The zero-order chi connectivity index (χ0) is 14.5. The second-order valence-corrected chi connectivity index (χ2v) is 5.68. The summed E-state index contributed by atoms with van der Waals surface area (Å²) in [6.45, 7) is 7.47. The Morgan fingerprint density at radius 1 is 1.40 bits per heavy atom. The monoisotopic (exact) mass is 292 g/mol. The molecule has 0 aromatic carbocycles. The van der Waals surface area contributed by atoms with Crippen LogP contribution in [0.4, 0.5) is 11.5 Å². The number of ether oxygens (including phenoxy) is 1. The molecule has 2 rings (SSSR count). The summed E-state index contributed by atoms with van der Waals surface area (Å²) >= 11 is 1.73. The molecule has 108 valence electrons. The molecule has 2 heterocycles. The van der Waals surface area contributed by atoms with Crippen LogP contribution in [0, 0.1) is 0 Å². The number of rotatable bonds is 6. The van der Waals surface area contributed by atoms with Gasteiger partial charge in [-0.2, -0.15) is 4.98 Å². The molecule has 2 aromatic rings. The maximum atomic E-state index is 6.15. The summed E-state index contributed by atoms with van der Waals surface area (Å²) < 4.78 is 5.44. The average molecular weight is 292 g/mol. The Balaban J connectivity index is 2.32. The second-order valence-electron chi connectivity index (χ2n) is 4.65. The molecule has 0 fully saturated rings. The normalized spacial score (nSPS) is 10.8. The third-order valence-electron chi connectivity index (χ3n) is 2.91. The smallest absolute Gasteiger partial charge is 0.242 e. The highest BCUT2D eigenvalue weighted by Crippen LogP contribution is 2.30. The van der Waals surface area contributed by atoms with E-state index >= 15 is 0 Å². The van der Waals surface area contributed by atoms with E-state index in [1.54, 1.807) is 11.3 Å². The maximum absolute atomic E-state index is 6.15. The predicted molar refractivity (Wildman–Crippen MR) is 83.3 cm³/mol. The molecule has 0 radical (unpaired) electrons. The summed E-state index contributed by atoms with van der Waals surface area (Å²) in [5, 5.41) is 2.07. The summed E-state index contributed by atoms with van der Waals surface area (Å²) in [7, 11) is 0. The standard InChI is InChI=1S/C14H20N4OS/c1-4-19-14-12(15)13(16-9-17-14)18(10(2)3)8-11-6-5-7-20-11/h5-7,9-10H,4,8,15H2,1-3H3. The van der Waals surface area contributed by atoms with Crippen molar-refractivity contribution in [1.82, 2.24) is 9.97 Å². The van der Waals surface area contributed by atoms with Crippen molar-refractivity contribution in [2.24, 2.45) is 0 Å². The number of thiophene rings is 1. The van der Waals surface area contributed by atoms with E-state index < -0.39 is 0 Å². The highest BCUT2D eigenvalue weighted by atomic mass is 32.1. The molecular weight excluding hydrogens is 272 g/mol. The maximum Gasteiger partial charge on any atom is 0.242 e. The largest absolute Gasteiger partial charge is 0.476 e. The summed E-state index contributed by atoms with van der Waals surface area (Å²) in [5.41, 5.74) is 6.65. The Morgan fingerprint density at radius 3 is 2.80 bits per heavy atom.